The highest BCUT2D eigenvalue weighted by Gasteiger charge is 2.28. The number of H-pyrrole nitrogens is 1. The van der Waals surface area contributed by atoms with Gasteiger partial charge in [0.1, 0.15) is 17.9 Å². The highest BCUT2D eigenvalue weighted by molar-refractivity contribution is 6.31. The molecule has 0 saturated carbocycles. The van der Waals surface area contributed by atoms with Gasteiger partial charge in [0.25, 0.3) is 0 Å². The third-order valence-corrected chi connectivity index (χ3v) is 4.88. The molecular weight excluding hydrogens is 370 g/mol. The highest BCUT2D eigenvalue weighted by atomic mass is 35.5. The molecule has 3 aromatic rings. The summed E-state index contributed by atoms with van der Waals surface area (Å²) < 4.78 is 7.08. The second-order valence-electron chi connectivity index (χ2n) is 6.39. The van der Waals surface area contributed by atoms with Crippen LogP contribution in [0.5, 0.6) is 5.75 Å². The zero-order valence-corrected chi connectivity index (χ0v) is 15.2. The third-order valence-electron chi connectivity index (χ3n) is 4.67. The van der Waals surface area contributed by atoms with Crippen molar-refractivity contribution in [1.82, 2.24) is 9.55 Å². The van der Waals surface area contributed by atoms with Crippen LogP contribution in [-0.2, 0) is 4.79 Å². The lowest BCUT2D eigenvalue weighted by Gasteiger charge is -2.29. The summed E-state index contributed by atoms with van der Waals surface area (Å²) in [5.74, 6) is 0.221. The number of nitrogens with zero attached hydrogens (tertiary/aromatic N) is 2. The van der Waals surface area contributed by atoms with E-state index in [2.05, 4.69) is 4.98 Å². The highest BCUT2D eigenvalue weighted by Crippen LogP contribution is 2.34. The summed E-state index contributed by atoms with van der Waals surface area (Å²) in [7, 11) is 1.67. The lowest BCUT2D eigenvalue weighted by atomic mass is 10.1. The number of hydrogen-bond donors (Lipinski definition) is 1. The fraction of sp³-hybridized carbons (Fsp3) is 0.211. The Balaban J connectivity index is 1.75. The number of benzene rings is 2. The molecular formula is C19H16ClN3O4. The molecule has 0 aliphatic carbocycles. The molecule has 1 amide bonds. The van der Waals surface area contributed by atoms with Crippen molar-refractivity contribution in [3.8, 4) is 5.75 Å². The maximum Gasteiger partial charge on any atom is 0.317 e. The lowest BCUT2D eigenvalue weighted by molar-refractivity contribution is -0.119. The molecule has 8 heteroatoms. The maximum absolute atomic E-state index is 12.7. The van der Waals surface area contributed by atoms with Crippen molar-refractivity contribution in [2.45, 2.75) is 12.5 Å². The van der Waals surface area contributed by atoms with Crippen molar-refractivity contribution in [3.05, 3.63) is 68.2 Å². The molecule has 0 bridgehead atoms. The number of nitrogens with one attached hydrogen (secondary N) is 1. The van der Waals surface area contributed by atoms with Gasteiger partial charge in [0.15, 0.2) is 0 Å². The molecule has 7 nitrogen and oxygen atoms in total. The van der Waals surface area contributed by atoms with Gasteiger partial charge >= 0.3 is 11.1 Å². The van der Waals surface area contributed by atoms with Gasteiger partial charge in [0, 0.05) is 23.8 Å². The van der Waals surface area contributed by atoms with E-state index in [-0.39, 0.29) is 18.9 Å². The van der Waals surface area contributed by atoms with Gasteiger partial charge in [0.05, 0.1) is 18.0 Å². The molecule has 1 aliphatic rings. The fourth-order valence-corrected chi connectivity index (χ4v) is 3.52. The number of para-hydroxylation sites is 1. The van der Waals surface area contributed by atoms with Crippen molar-refractivity contribution in [2.75, 3.05) is 18.6 Å². The molecule has 1 N–H and O–H groups in total. The molecule has 0 radical (unpaired) electrons. The van der Waals surface area contributed by atoms with E-state index < -0.39 is 17.2 Å². The lowest BCUT2D eigenvalue weighted by Crippen LogP contribution is -2.43. The Morgan fingerprint density at radius 3 is 2.78 bits per heavy atom. The zero-order valence-electron chi connectivity index (χ0n) is 14.4. The van der Waals surface area contributed by atoms with Crippen molar-refractivity contribution in [1.29, 1.82) is 0 Å². The van der Waals surface area contributed by atoms with Gasteiger partial charge in [-0.3, -0.25) is 19.0 Å². The first-order valence-electron chi connectivity index (χ1n) is 8.38. The molecule has 1 aliphatic heterocycles. The molecule has 4 rings (SSSR count). The molecule has 2 aromatic carbocycles. The van der Waals surface area contributed by atoms with Crippen LogP contribution in [0.1, 0.15) is 12.5 Å². The van der Waals surface area contributed by atoms with Gasteiger partial charge in [-0.05, 0) is 18.2 Å². The normalized spacial score (nSPS) is 15.4. The SMILES string of the molecule is CN(C(=O)CC1COc2cc(Cl)cc3[nH]c(=O)c(=O)n1c23)c1ccccc1. The van der Waals surface area contributed by atoms with Crippen molar-refractivity contribution < 1.29 is 9.53 Å². The van der Waals surface area contributed by atoms with Crippen molar-refractivity contribution >= 4 is 34.2 Å². The van der Waals surface area contributed by atoms with Gasteiger partial charge in [-0.2, -0.15) is 0 Å². The van der Waals surface area contributed by atoms with Crippen molar-refractivity contribution in [2.24, 2.45) is 0 Å². The van der Waals surface area contributed by atoms with Gasteiger partial charge in [-0.25, -0.2) is 0 Å². The standard InChI is InChI=1S/C19H16ClN3O4/c1-22(12-5-3-2-4-6-12)16(24)9-13-10-27-15-8-11(20)7-14-17(15)23(13)19(26)18(25)21-14/h2-8,13H,9-10H2,1H3,(H,21,25). The Labute approximate surface area is 158 Å². The van der Waals surface area contributed by atoms with Crippen LogP contribution in [0.25, 0.3) is 11.0 Å². The first-order valence-corrected chi connectivity index (χ1v) is 8.76. The van der Waals surface area contributed by atoms with E-state index in [0.29, 0.717) is 21.8 Å². The number of aromatic nitrogens is 2. The molecule has 138 valence electrons. The average Bonchev–Trinajstić information content (AvgIpc) is 2.66. The third kappa shape index (κ3) is 3.00. The van der Waals surface area contributed by atoms with Crippen molar-refractivity contribution in [3.63, 3.8) is 0 Å². The Bertz CT molecular complexity index is 1150. The second kappa shape index (κ2) is 6.59. The van der Waals surface area contributed by atoms with Crippen LogP contribution in [0, 0.1) is 0 Å². The molecule has 27 heavy (non-hydrogen) atoms. The summed E-state index contributed by atoms with van der Waals surface area (Å²) in [6, 6.07) is 11.8. The van der Waals surface area contributed by atoms with Crippen LogP contribution in [-0.4, -0.2) is 29.1 Å². The van der Waals surface area contributed by atoms with Crippen LogP contribution >= 0.6 is 11.6 Å². The summed E-state index contributed by atoms with van der Waals surface area (Å²) in [6.45, 7) is 0.0974. The number of ether oxygens (including phenoxy) is 1. The maximum atomic E-state index is 12.7. The number of aromatic amines is 1. The van der Waals surface area contributed by atoms with Gasteiger partial charge in [0.2, 0.25) is 5.91 Å². The van der Waals surface area contributed by atoms with Crippen LogP contribution in [0.4, 0.5) is 5.69 Å². The number of hydrogen-bond acceptors (Lipinski definition) is 4. The molecule has 1 aromatic heterocycles. The Kier molecular flexibility index (Phi) is 4.24. The molecule has 0 saturated heterocycles. The predicted octanol–water partition coefficient (Wildman–Crippen LogP) is 2.33. The summed E-state index contributed by atoms with van der Waals surface area (Å²) in [5.41, 5.74) is 0.113. The number of carbonyl (C=O) groups is 1. The second-order valence-corrected chi connectivity index (χ2v) is 6.82. The van der Waals surface area contributed by atoms with Gasteiger partial charge in [-0.15, -0.1) is 0 Å². The van der Waals surface area contributed by atoms with E-state index in [4.69, 9.17) is 16.3 Å². The van der Waals surface area contributed by atoms with E-state index in [1.807, 2.05) is 30.3 Å². The molecule has 2 heterocycles. The van der Waals surface area contributed by atoms with E-state index in [9.17, 15) is 14.4 Å². The zero-order chi connectivity index (χ0) is 19.1. The largest absolute Gasteiger partial charge is 0.489 e. The van der Waals surface area contributed by atoms with E-state index in [1.165, 1.54) is 9.47 Å². The Morgan fingerprint density at radius 1 is 1.30 bits per heavy atom. The number of anilines is 1. The van der Waals surface area contributed by atoms with E-state index >= 15 is 0 Å². The number of rotatable bonds is 3. The minimum atomic E-state index is -0.758. The quantitative estimate of drug-likeness (QED) is 0.701. The molecule has 1 atom stereocenters. The number of carbonyl (C=O) groups excluding carboxylic acids is 1. The summed E-state index contributed by atoms with van der Waals surface area (Å²) in [5, 5.41) is 0.386. The topological polar surface area (TPSA) is 84.4 Å². The average molecular weight is 386 g/mol. The minimum absolute atomic E-state index is 0.0198. The molecule has 1 unspecified atom stereocenters. The van der Waals surface area contributed by atoms with E-state index in [1.54, 1.807) is 19.2 Å². The van der Waals surface area contributed by atoms with E-state index in [0.717, 1.165) is 5.69 Å². The van der Waals surface area contributed by atoms with Crippen LogP contribution in [0.15, 0.2) is 52.1 Å². The monoisotopic (exact) mass is 385 g/mol. The molecule has 0 fully saturated rings. The minimum Gasteiger partial charge on any atom is -0.489 e. The summed E-state index contributed by atoms with van der Waals surface area (Å²) >= 11 is 6.05. The Morgan fingerprint density at radius 2 is 2.04 bits per heavy atom. The Hall–Kier alpha value is -3.06. The number of amides is 1. The van der Waals surface area contributed by atoms with Crippen LogP contribution in [0.2, 0.25) is 5.02 Å². The summed E-state index contributed by atoms with van der Waals surface area (Å²) in [6.07, 6.45) is 0.0198. The smallest absolute Gasteiger partial charge is 0.317 e. The summed E-state index contributed by atoms with van der Waals surface area (Å²) in [4.78, 5) is 41.4. The number of halogens is 1. The van der Waals surface area contributed by atoms with Crippen LogP contribution in [0.3, 0.4) is 0 Å². The van der Waals surface area contributed by atoms with Gasteiger partial charge in [-0.1, -0.05) is 29.8 Å². The first kappa shape index (κ1) is 17.4. The fourth-order valence-electron chi connectivity index (χ4n) is 3.31. The predicted molar refractivity (Wildman–Crippen MR) is 103 cm³/mol. The van der Waals surface area contributed by atoms with Crippen LogP contribution < -0.4 is 20.8 Å². The first-order chi connectivity index (χ1) is 13.0. The molecule has 0 spiro atoms. The van der Waals surface area contributed by atoms with Gasteiger partial charge < -0.3 is 14.6 Å².